The van der Waals surface area contributed by atoms with Crippen LogP contribution < -0.4 is 9.47 Å². The summed E-state index contributed by atoms with van der Waals surface area (Å²) in [5, 5.41) is 11.9. The molecule has 0 N–H and O–H groups in total. The summed E-state index contributed by atoms with van der Waals surface area (Å²) in [6.07, 6.45) is 1.80. The molecule has 0 aliphatic heterocycles. The number of ether oxygens (including phenoxy) is 3. The number of nitrogens with zero attached hydrogens (tertiary/aromatic N) is 1. The number of hydrogen-bond donors (Lipinski definition) is 0. The first kappa shape index (κ1) is 21.4. The number of carbonyl (C=O) groups is 1. The number of halogens is 1. The average Bonchev–Trinajstić information content (AvgIpc) is 2.76. The first-order valence-electron chi connectivity index (χ1n) is 9.33. The van der Waals surface area contributed by atoms with Gasteiger partial charge in [0.1, 0.15) is 0 Å². The predicted octanol–water partition coefficient (Wildman–Crippen LogP) is 5.62. The molecule has 5 nitrogen and oxygen atoms in total. The van der Waals surface area contributed by atoms with Crippen LogP contribution in [0.5, 0.6) is 11.5 Å². The second-order valence-corrected chi connectivity index (χ2v) is 7.18. The van der Waals surface area contributed by atoms with Crippen molar-refractivity contribution in [2.75, 3.05) is 20.3 Å². The molecule has 0 spiro atoms. The molecule has 152 valence electrons. The fourth-order valence-electron chi connectivity index (χ4n) is 3.09. The van der Waals surface area contributed by atoms with E-state index >= 15 is 0 Å². The van der Waals surface area contributed by atoms with Gasteiger partial charge in [0.2, 0.25) is 0 Å². The maximum atomic E-state index is 11.6. The summed E-state index contributed by atoms with van der Waals surface area (Å²) in [6, 6.07) is 19.7. The Morgan fingerprint density at radius 1 is 1.17 bits per heavy atom. The molecule has 0 saturated heterocycles. The molecule has 3 rings (SSSR count). The largest absolute Gasteiger partial charge is 0.493 e. The predicted molar refractivity (Wildman–Crippen MR) is 120 cm³/mol. The molecule has 6 heteroatoms. The second kappa shape index (κ2) is 9.95. The Bertz CT molecular complexity index is 1140. The average molecular weight is 466 g/mol. The summed E-state index contributed by atoms with van der Waals surface area (Å²) in [5.74, 6) is 0.375. The van der Waals surface area contributed by atoms with E-state index in [1.54, 1.807) is 19.1 Å². The Labute approximate surface area is 183 Å². The summed E-state index contributed by atoms with van der Waals surface area (Å²) < 4.78 is 16.5. The van der Waals surface area contributed by atoms with E-state index < -0.39 is 5.97 Å². The van der Waals surface area contributed by atoms with E-state index in [0.29, 0.717) is 21.5 Å². The van der Waals surface area contributed by atoms with Crippen LogP contribution >= 0.6 is 15.9 Å². The van der Waals surface area contributed by atoms with E-state index in [0.717, 1.165) is 21.9 Å². The lowest BCUT2D eigenvalue weighted by Crippen LogP contribution is -2.15. The first-order valence-corrected chi connectivity index (χ1v) is 10.1. The number of methoxy groups -OCH3 is 1. The van der Waals surface area contributed by atoms with E-state index in [2.05, 4.69) is 22.0 Å². The van der Waals surface area contributed by atoms with E-state index in [1.807, 2.05) is 48.5 Å². The van der Waals surface area contributed by atoms with Gasteiger partial charge in [0.15, 0.2) is 18.1 Å². The Balaban J connectivity index is 1.98. The lowest BCUT2D eigenvalue weighted by atomic mass is 9.97. The van der Waals surface area contributed by atoms with Gasteiger partial charge in [-0.2, -0.15) is 5.26 Å². The van der Waals surface area contributed by atoms with Crippen molar-refractivity contribution in [2.45, 2.75) is 6.92 Å². The van der Waals surface area contributed by atoms with Crippen molar-refractivity contribution >= 4 is 44.3 Å². The van der Waals surface area contributed by atoms with Crippen molar-refractivity contribution in [1.82, 2.24) is 0 Å². The minimum atomic E-state index is -0.460. The van der Waals surface area contributed by atoms with Crippen molar-refractivity contribution in [3.8, 4) is 17.6 Å². The van der Waals surface area contributed by atoms with Gasteiger partial charge in [-0.1, -0.05) is 42.5 Å². The number of nitriles is 1. The molecule has 0 bridgehead atoms. The second-order valence-electron chi connectivity index (χ2n) is 6.32. The number of allylic oxidation sites excluding steroid dienone is 1. The molecule has 0 radical (unpaired) electrons. The Kier molecular flexibility index (Phi) is 7.10. The zero-order valence-electron chi connectivity index (χ0n) is 16.6. The van der Waals surface area contributed by atoms with Crippen molar-refractivity contribution < 1.29 is 19.0 Å². The van der Waals surface area contributed by atoms with E-state index in [1.165, 1.54) is 7.11 Å². The molecule has 0 atom stereocenters. The van der Waals surface area contributed by atoms with Crippen molar-refractivity contribution in [1.29, 1.82) is 5.26 Å². The van der Waals surface area contributed by atoms with Crippen LogP contribution in [0.4, 0.5) is 0 Å². The normalized spacial score (nSPS) is 11.1. The molecule has 3 aromatic carbocycles. The number of esters is 1. The van der Waals surface area contributed by atoms with Gasteiger partial charge < -0.3 is 14.2 Å². The number of benzene rings is 3. The van der Waals surface area contributed by atoms with Gasteiger partial charge in [0, 0.05) is 5.56 Å². The van der Waals surface area contributed by atoms with Gasteiger partial charge in [0.05, 0.1) is 29.8 Å². The van der Waals surface area contributed by atoms with Crippen molar-refractivity contribution in [3.05, 3.63) is 70.2 Å². The number of fused-ring (bicyclic) bond motifs is 1. The Hall–Kier alpha value is -3.30. The van der Waals surface area contributed by atoms with E-state index in [-0.39, 0.29) is 13.2 Å². The smallest absolute Gasteiger partial charge is 0.344 e. The van der Waals surface area contributed by atoms with Gasteiger partial charge in [0.25, 0.3) is 0 Å². The highest BCUT2D eigenvalue weighted by atomic mass is 79.9. The van der Waals surface area contributed by atoms with Crippen LogP contribution in [0.1, 0.15) is 18.1 Å². The van der Waals surface area contributed by atoms with Crippen LogP contribution in [0, 0.1) is 11.3 Å². The van der Waals surface area contributed by atoms with Gasteiger partial charge in [-0.25, -0.2) is 4.79 Å². The van der Waals surface area contributed by atoms with E-state index in [4.69, 9.17) is 14.2 Å². The Morgan fingerprint density at radius 2 is 1.93 bits per heavy atom. The van der Waals surface area contributed by atoms with Crippen LogP contribution in [0.25, 0.3) is 22.4 Å². The molecule has 0 fully saturated rings. The van der Waals surface area contributed by atoms with Crippen LogP contribution in [-0.4, -0.2) is 26.3 Å². The molecule has 0 aliphatic rings. The van der Waals surface area contributed by atoms with Gasteiger partial charge in [-0.05, 0) is 57.4 Å². The monoisotopic (exact) mass is 465 g/mol. The fraction of sp³-hybridized carbons (Fsp3) is 0.167. The van der Waals surface area contributed by atoms with Crippen LogP contribution in [0.15, 0.2) is 59.1 Å². The topological polar surface area (TPSA) is 68.5 Å². The van der Waals surface area contributed by atoms with Crippen LogP contribution in [-0.2, 0) is 9.53 Å². The zero-order chi connectivity index (χ0) is 21.5. The third-order valence-corrected chi connectivity index (χ3v) is 4.99. The summed E-state index contributed by atoms with van der Waals surface area (Å²) in [4.78, 5) is 11.6. The highest BCUT2D eigenvalue weighted by Gasteiger charge is 2.14. The van der Waals surface area contributed by atoms with Crippen LogP contribution in [0.3, 0.4) is 0 Å². The molecular formula is C24H20BrNO4. The molecule has 3 aromatic rings. The minimum absolute atomic E-state index is 0.225. The first-order chi connectivity index (χ1) is 14.6. The maximum absolute atomic E-state index is 11.6. The highest BCUT2D eigenvalue weighted by Crippen LogP contribution is 2.38. The summed E-state index contributed by atoms with van der Waals surface area (Å²) in [5.41, 5.74) is 2.14. The summed E-state index contributed by atoms with van der Waals surface area (Å²) in [6.45, 7) is 1.80. The van der Waals surface area contributed by atoms with Gasteiger partial charge in [-0.3, -0.25) is 0 Å². The summed E-state index contributed by atoms with van der Waals surface area (Å²) >= 11 is 3.47. The summed E-state index contributed by atoms with van der Waals surface area (Å²) in [7, 11) is 1.52. The van der Waals surface area contributed by atoms with E-state index in [9.17, 15) is 10.1 Å². The third-order valence-electron chi connectivity index (χ3n) is 4.40. The molecule has 0 aromatic heterocycles. The molecule has 0 unspecified atom stereocenters. The Morgan fingerprint density at radius 3 is 2.67 bits per heavy atom. The molecule has 0 amide bonds. The third kappa shape index (κ3) is 4.81. The number of hydrogen-bond acceptors (Lipinski definition) is 5. The van der Waals surface area contributed by atoms with Crippen molar-refractivity contribution in [2.24, 2.45) is 0 Å². The minimum Gasteiger partial charge on any atom is -0.493 e. The SMILES string of the molecule is CCOC(=O)COc1c(Br)cc(/C=C(\C#N)c2cccc3ccccc23)cc1OC. The molecule has 0 saturated carbocycles. The molecule has 0 heterocycles. The highest BCUT2D eigenvalue weighted by molar-refractivity contribution is 9.10. The number of carbonyl (C=O) groups excluding carboxylic acids is 1. The van der Waals surface area contributed by atoms with Crippen LogP contribution in [0.2, 0.25) is 0 Å². The lowest BCUT2D eigenvalue weighted by Gasteiger charge is -2.13. The zero-order valence-corrected chi connectivity index (χ0v) is 18.2. The standard InChI is InChI=1S/C24H20BrNO4/c1-3-29-23(27)15-30-24-21(25)12-16(13-22(24)28-2)11-18(14-26)20-10-6-8-17-7-4-5-9-19(17)20/h4-13H,3,15H2,1-2H3/b18-11+. The molecule has 30 heavy (non-hydrogen) atoms. The lowest BCUT2D eigenvalue weighted by molar-refractivity contribution is -0.145. The molecular weight excluding hydrogens is 446 g/mol. The fourth-order valence-corrected chi connectivity index (χ4v) is 3.67. The quantitative estimate of drug-likeness (QED) is 0.257. The van der Waals surface area contributed by atoms with Gasteiger partial charge in [-0.15, -0.1) is 0 Å². The van der Waals surface area contributed by atoms with Crippen molar-refractivity contribution in [3.63, 3.8) is 0 Å². The maximum Gasteiger partial charge on any atom is 0.344 e. The number of rotatable bonds is 7. The molecule has 0 aliphatic carbocycles. The van der Waals surface area contributed by atoms with Gasteiger partial charge >= 0.3 is 5.97 Å².